The highest BCUT2D eigenvalue weighted by molar-refractivity contribution is 7.80. The second-order valence-corrected chi connectivity index (χ2v) is 2.91. The van der Waals surface area contributed by atoms with Crippen LogP contribution < -0.4 is 0 Å². The van der Waals surface area contributed by atoms with Gasteiger partial charge in [0.05, 0.1) is 5.69 Å². The number of aryl methyl sites for hydroxylation is 1. The average Bonchev–Trinajstić information content (AvgIpc) is 2.05. The molecule has 0 aliphatic carbocycles. The lowest BCUT2D eigenvalue weighted by atomic mass is 10.3. The molecule has 0 aliphatic heterocycles. The van der Waals surface area contributed by atoms with Gasteiger partial charge in [-0.05, 0) is 19.1 Å². The summed E-state index contributed by atoms with van der Waals surface area (Å²) in [5.74, 6) is 0.780. The molecule has 0 unspecified atom stereocenters. The number of aromatic nitrogens is 1. The van der Waals surface area contributed by atoms with Crippen LogP contribution in [0, 0.1) is 6.92 Å². The molecule has 0 aliphatic rings. The van der Waals surface area contributed by atoms with Gasteiger partial charge in [-0.15, -0.1) is 0 Å². The molecule has 1 rings (SSSR count). The zero-order chi connectivity index (χ0) is 8.81. The fourth-order valence-corrected chi connectivity index (χ4v) is 0.967. The topological polar surface area (TPSA) is 25.2 Å². The molecule has 12 heavy (non-hydrogen) atoms. The highest BCUT2D eigenvalue weighted by Gasteiger charge is 1.88. The summed E-state index contributed by atoms with van der Waals surface area (Å²) in [6.07, 6.45) is 1.78. The molecule has 0 bridgehead atoms. The SMILES string of the molecule is Cc1cccc(C=NCCS)n1. The van der Waals surface area contributed by atoms with Crippen molar-refractivity contribution in [2.45, 2.75) is 6.92 Å². The first-order valence-corrected chi connectivity index (χ1v) is 4.50. The van der Waals surface area contributed by atoms with Crippen molar-refractivity contribution in [2.75, 3.05) is 12.3 Å². The molecule has 0 saturated heterocycles. The van der Waals surface area contributed by atoms with Crippen molar-refractivity contribution in [1.82, 2.24) is 4.98 Å². The second kappa shape index (κ2) is 4.93. The van der Waals surface area contributed by atoms with E-state index in [1.165, 1.54) is 0 Å². The summed E-state index contributed by atoms with van der Waals surface area (Å²) in [4.78, 5) is 8.41. The van der Waals surface area contributed by atoms with Gasteiger partial charge >= 0.3 is 0 Å². The Hall–Kier alpha value is -0.830. The Morgan fingerprint density at radius 1 is 1.58 bits per heavy atom. The molecule has 3 heteroatoms. The third-order valence-corrected chi connectivity index (χ3v) is 1.56. The largest absolute Gasteiger partial charge is 0.290 e. The Morgan fingerprint density at radius 2 is 2.42 bits per heavy atom. The molecule has 2 nitrogen and oxygen atoms in total. The van der Waals surface area contributed by atoms with Crippen LogP contribution in [0.25, 0.3) is 0 Å². The van der Waals surface area contributed by atoms with Crippen molar-refractivity contribution in [3.63, 3.8) is 0 Å². The van der Waals surface area contributed by atoms with Gasteiger partial charge in [0.1, 0.15) is 0 Å². The molecule has 1 heterocycles. The maximum atomic E-state index is 4.27. The predicted molar refractivity (Wildman–Crippen MR) is 55.3 cm³/mol. The molecule has 0 atom stereocenters. The number of aliphatic imine (C=N–C) groups is 1. The van der Waals surface area contributed by atoms with Gasteiger partial charge in [-0.25, -0.2) is 0 Å². The molecular formula is C9H12N2S. The molecular weight excluding hydrogens is 168 g/mol. The lowest BCUT2D eigenvalue weighted by Crippen LogP contribution is -1.90. The number of pyridine rings is 1. The summed E-state index contributed by atoms with van der Waals surface area (Å²) in [6.45, 7) is 2.72. The van der Waals surface area contributed by atoms with E-state index >= 15 is 0 Å². The van der Waals surface area contributed by atoms with Crippen LogP contribution in [0.4, 0.5) is 0 Å². The minimum Gasteiger partial charge on any atom is -0.290 e. The monoisotopic (exact) mass is 180 g/mol. The summed E-state index contributed by atoms with van der Waals surface area (Å²) in [6, 6.07) is 5.88. The van der Waals surface area contributed by atoms with Gasteiger partial charge in [0.25, 0.3) is 0 Å². The fraction of sp³-hybridized carbons (Fsp3) is 0.333. The standard InChI is InChI=1S/C9H12N2S/c1-8-3-2-4-9(11-8)7-10-5-6-12/h2-4,7,12H,5-6H2,1H3. The first kappa shape index (κ1) is 9.26. The van der Waals surface area contributed by atoms with Gasteiger partial charge in [0.15, 0.2) is 0 Å². The average molecular weight is 180 g/mol. The zero-order valence-corrected chi connectivity index (χ0v) is 7.96. The van der Waals surface area contributed by atoms with E-state index in [-0.39, 0.29) is 0 Å². The molecule has 0 radical (unpaired) electrons. The van der Waals surface area contributed by atoms with Gasteiger partial charge in [-0.1, -0.05) is 6.07 Å². The van der Waals surface area contributed by atoms with E-state index in [0.717, 1.165) is 23.7 Å². The van der Waals surface area contributed by atoms with E-state index in [1.54, 1.807) is 6.21 Å². The Morgan fingerprint density at radius 3 is 3.08 bits per heavy atom. The van der Waals surface area contributed by atoms with E-state index in [2.05, 4.69) is 22.6 Å². The molecule has 0 spiro atoms. The number of rotatable bonds is 3. The van der Waals surface area contributed by atoms with Gasteiger partial charge < -0.3 is 0 Å². The smallest absolute Gasteiger partial charge is 0.0811 e. The number of nitrogens with zero attached hydrogens (tertiary/aromatic N) is 2. The summed E-state index contributed by atoms with van der Waals surface area (Å²) in [7, 11) is 0. The van der Waals surface area contributed by atoms with E-state index in [9.17, 15) is 0 Å². The van der Waals surface area contributed by atoms with Crippen molar-refractivity contribution in [3.8, 4) is 0 Å². The Bertz CT molecular complexity index is 271. The summed E-state index contributed by atoms with van der Waals surface area (Å²) >= 11 is 4.05. The van der Waals surface area contributed by atoms with E-state index in [1.807, 2.05) is 25.1 Å². The van der Waals surface area contributed by atoms with Gasteiger partial charge in [0, 0.05) is 24.2 Å². The van der Waals surface area contributed by atoms with Crippen molar-refractivity contribution in [2.24, 2.45) is 4.99 Å². The molecule has 0 fully saturated rings. The predicted octanol–water partition coefficient (Wildman–Crippen LogP) is 1.74. The minimum absolute atomic E-state index is 0.749. The number of hydrogen-bond donors (Lipinski definition) is 1. The number of thiol groups is 1. The maximum Gasteiger partial charge on any atom is 0.0811 e. The van der Waals surface area contributed by atoms with Crippen LogP contribution in [0.3, 0.4) is 0 Å². The van der Waals surface area contributed by atoms with Crippen molar-refractivity contribution in [3.05, 3.63) is 29.6 Å². The first-order valence-electron chi connectivity index (χ1n) is 3.87. The van der Waals surface area contributed by atoms with Crippen LogP contribution >= 0.6 is 12.6 Å². The fourth-order valence-electron chi connectivity index (χ4n) is 0.852. The van der Waals surface area contributed by atoms with Crippen LogP contribution in [0.1, 0.15) is 11.4 Å². The van der Waals surface area contributed by atoms with Gasteiger partial charge in [0.2, 0.25) is 0 Å². The first-order chi connectivity index (χ1) is 5.83. The highest BCUT2D eigenvalue weighted by atomic mass is 32.1. The maximum absolute atomic E-state index is 4.27. The normalized spacial score (nSPS) is 10.8. The number of hydrogen-bond acceptors (Lipinski definition) is 3. The minimum atomic E-state index is 0.749. The quantitative estimate of drug-likeness (QED) is 0.556. The van der Waals surface area contributed by atoms with E-state index in [4.69, 9.17) is 0 Å². The lowest BCUT2D eigenvalue weighted by molar-refractivity contribution is 1.14. The Balaban J connectivity index is 2.63. The Labute approximate surface area is 78.2 Å². The highest BCUT2D eigenvalue weighted by Crippen LogP contribution is 1.94. The molecule has 0 N–H and O–H groups in total. The summed E-state index contributed by atoms with van der Waals surface area (Å²) < 4.78 is 0. The Kier molecular flexibility index (Phi) is 3.80. The van der Waals surface area contributed by atoms with Crippen molar-refractivity contribution < 1.29 is 0 Å². The van der Waals surface area contributed by atoms with Crippen LogP contribution in [-0.2, 0) is 0 Å². The van der Waals surface area contributed by atoms with Crippen LogP contribution in [0.15, 0.2) is 23.2 Å². The van der Waals surface area contributed by atoms with Crippen molar-refractivity contribution in [1.29, 1.82) is 0 Å². The lowest BCUT2D eigenvalue weighted by Gasteiger charge is -1.93. The molecule has 0 saturated carbocycles. The molecule has 0 aromatic carbocycles. The molecule has 1 aromatic rings. The zero-order valence-electron chi connectivity index (χ0n) is 7.07. The molecule has 0 amide bonds. The third kappa shape index (κ3) is 3.05. The van der Waals surface area contributed by atoms with Crippen LogP contribution in [0.5, 0.6) is 0 Å². The molecule has 64 valence electrons. The van der Waals surface area contributed by atoms with Gasteiger partial charge in [-0.2, -0.15) is 12.6 Å². The van der Waals surface area contributed by atoms with E-state index < -0.39 is 0 Å². The summed E-state index contributed by atoms with van der Waals surface area (Å²) in [5, 5.41) is 0. The third-order valence-electron chi connectivity index (χ3n) is 1.36. The molecule has 1 aromatic heterocycles. The second-order valence-electron chi connectivity index (χ2n) is 2.46. The van der Waals surface area contributed by atoms with E-state index in [0.29, 0.717) is 0 Å². The van der Waals surface area contributed by atoms with Gasteiger partial charge in [-0.3, -0.25) is 9.98 Å². The van der Waals surface area contributed by atoms with Crippen molar-refractivity contribution >= 4 is 18.8 Å². The van der Waals surface area contributed by atoms with Crippen LogP contribution in [0.2, 0.25) is 0 Å². The summed E-state index contributed by atoms with van der Waals surface area (Å²) in [5.41, 5.74) is 1.93. The van der Waals surface area contributed by atoms with Crippen LogP contribution in [-0.4, -0.2) is 23.5 Å².